The number of hydrogen-bond donors (Lipinski definition) is 8. The Labute approximate surface area is 737 Å². The second-order valence-electron chi connectivity index (χ2n) is 31.4. The van der Waals surface area contributed by atoms with Crippen molar-refractivity contribution in [2.24, 2.45) is 5.73 Å². The summed E-state index contributed by atoms with van der Waals surface area (Å²) >= 11 is 0. The van der Waals surface area contributed by atoms with E-state index in [0.717, 1.165) is 0 Å². The monoisotopic (exact) mass is 1770 g/mol. The third kappa shape index (κ3) is 93.0. The van der Waals surface area contributed by atoms with E-state index in [9.17, 15) is 76.7 Å². The molecule has 124 heavy (non-hydrogen) atoms. The predicted molar refractivity (Wildman–Crippen MR) is 468 cm³/mol. The van der Waals surface area contributed by atoms with Crippen LogP contribution in [0.3, 0.4) is 0 Å². The molecule has 0 aliphatic rings. The van der Waals surface area contributed by atoms with Crippen molar-refractivity contribution >= 4 is 93.5 Å². The Morgan fingerprint density at radius 1 is 0.258 bits per heavy atom. The van der Waals surface area contributed by atoms with Crippen LogP contribution in [0.5, 0.6) is 0 Å². The van der Waals surface area contributed by atoms with E-state index < -0.39 is 17.9 Å². The average molecular weight is 1770 g/mol. The summed E-state index contributed by atoms with van der Waals surface area (Å²) in [4.78, 5) is 184. The Hall–Kier alpha value is -8.14. The largest absolute Gasteiger partial charge is 0.378 e. The number of hydrogen-bond acceptors (Lipinski definition) is 28. The molecule has 1 unspecified atom stereocenters. The Morgan fingerprint density at radius 3 is 0.806 bits per heavy atom. The first-order valence-corrected chi connectivity index (χ1v) is 42.8. The van der Waals surface area contributed by atoms with Gasteiger partial charge in [0.1, 0.15) is 45.5 Å². The number of rotatable bonds is 65. The number of Topliss-reactive ketones (excluding diaryl/α,β-unsaturated/α-hetero) is 8. The zero-order valence-electron chi connectivity index (χ0n) is 78.8. The van der Waals surface area contributed by atoms with Crippen molar-refractivity contribution in [1.82, 2.24) is 37.2 Å². The number of ether oxygens (including phenoxy) is 12. The highest BCUT2D eigenvalue weighted by Gasteiger charge is 2.24. The van der Waals surface area contributed by atoms with Gasteiger partial charge in [-0.25, -0.2) is 0 Å². The average Bonchev–Trinajstić information content (AvgIpc) is 0.871. The fourth-order valence-corrected chi connectivity index (χ4v) is 8.38. The Morgan fingerprint density at radius 2 is 0.508 bits per heavy atom. The third-order valence-corrected chi connectivity index (χ3v) is 14.9. The molecule has 0 saturated carbocycles. The van der Waals surface area contributed by atoms with Crippen LogP contribution in [0.2, 0.25) is 0 Å². The standard InChI is InChI=1S/C18H26O4.C17H30N2O6.2C14H26N2O5.C13H25NO4.C12H23NO4/c1-13(2)21-11-9-17(19)15-5-7-16(8-6-15)18(20)10-12-22-14(3)4;1-12(2)24-8-7-15(21)10-18-16(22)6-5-14(20)9-19-17(23)11-25-13(3)4;1-10(2)20-8-14(19)15-7-12(17)5-6-13(18)16-9-21-11(3)4;1-9(2)20-6-5-12(17)11(7-13(15)18)16-14(19)8-21-10(3)4;1-10(2)17-8-6-12(15)5-7-14-13(16)9-18-11(3)4;1-9(2)16-6-5-11(14)7-13-12(15)8-17-10(3)4/h5-8,13-14H,9-12H2,1-4H3;12-13H,5-11H2,1-4H3,(H,18,22)(H,19,23);10-11H,5-9H2,1-4H3,(H,15,19)(H,16,18);9-11H,5-8H2,1-4H3,(H2,15,18)(H,16,19);10-11H,5-9H2,1-4H3,(H,14,16);9-10H,5-8H2,1-4H3,(H,13,15). The van der Waals surface area contributed by atoms with Crippen molar-refractivity contribution in [3.8, 4) is 0 Å². The van der Waals surface area contributed by atoms with Gasteiger partial charge in [-0.3, -0.25) is 76.7 Å². The van der Waals surface area contributed by atoms with Crippen molar-refractivity contribution in [3.05, 3.63) is 35.4 Å². The SMILES string of the molecule is CC(C)OCCC(=O)C(CC(N)=O)NC(=O)COC(C)C.CC(C)OCCC(=O)CCNC(=O)COC(C)C.CC(C)OCCC(=O)CNC(=O)CCC(=O)CNC(=O)COC(C)C.CC(C)OCCC(=O)CNC(=O)COC(C)C.CC(C)OCCC(=O)c1ccc(C(=O)CCOC(C)C)cc1.CC(C)OCNC(=O)CCC(=O)CNC(=O)COC(C)C. The molecule has 716 valence electrons. The Kier molecular flexibility index (Phi) is 79.7. The third-order valence-electron chi connectivity index (χ3n) is 14.9. The van der Waals surface area contributed by atoms with Crippen LogP contribution in [0.4, 0.5) is 0 Å². The molecule has 0 spiro atoms. The highest BCUT2D eigenvalue weighted by Crippen LogP contribution is 2.11. The Bertz CT molecular complexity index is 3110. The number of carbonyl (C=O) groups is 16. The summed E-state index contributed by atoms with van der Waals surface area (Å²) in [6.45, 7) is 47.1. The summed E-state index contributed by atoms with van der Waals surface area (Å²) in [7, 11) is 0. The summed E-state index contributed by atoms with van der Waals surface area (Å²) in [5, 5.41) is 17.5. The fourth-order valence-electron chi connectivity index (χ4n) is 8.38. The number of primary amides is 1. The van der Waals surface area contributed by atoms with Gasteiger partial charge in [0.2, 0.25) is 47.3 Å². The minimum Gasteiger partial charge on any atom is -0.378 e. The van der Waals surface area contributed by atoms with Gasteiger partial charge in [0, 0.05) is 88.3 Å². The molecule has 1 atom stereocenters. The lowest BCUT2D eigenvalue weighted by atomic mass is 10.0. The summed E-state index contributed by atoms with van der Waals surface area (Å²) in [6.07, 6.45) is 2.52. The van der Waals surface area contributed by atoms with Gasteiger partial charge in [-0.05, 0) is 166 Å². The van der Waals surface area contributed by atoms with Crippen molar-refractivity contribution in [2.75, 3.05) is 112 Å². The van der Waals surface area contributed by atoms with Gasteiger partial charge in [-0.15, -0.1) is 0 Å². The number of ketones is 8. The molecule has 0 aliphatic carbocycles. The quantitative estimate of drug-likeness (QED) is 0.0245. The van der Waals surface area contributed by atoms with Crippen molar-refractivity contribution in [1.29, 1.82) is 0 Å². The number of carbonyl (C=O) groups excluding carboxylic acids is 16. The number of nitrogens with two attached hydrogens (primary N) is 1. The zero-order chi connectivity index (χ0) is 95.7. The van der Waals surface area contributed by atoms with E-state index in [1.165, 1.54) is 0 Å². The molecule has 0 saturated heterocycles. The van der Waals surface area contributed by atoms with E-state index in [1.54, 1.807) is 52.0 Å². The van der Waals surface area contributed by atoms with E-state index in [4.69, 9.17) is 62.6 Å². The Balaban J connectivity index is -0.000000459. The van der Waals surface area contributed by atoms with Crippen LogP contribution >= 0.6 is 0 Å². The minimum atomic E-state index is -0.929. The molecule has 0 heterocycles. The molecular formula is C88H156N8O28. The van der Waals surface area contributed by atoms with Crippen LogP contribution in [0.25, 0.3) is 0 Å². The van der Waals surface area contributed by atoms with Gasteiger partial charge in [0.15, 0.2) is 40.5 Å². The second-order valence-corrected chi connectivity index (χ2v) is 31.4. The van der Waals surface area contributed by atoms with Gasteiger partial charge in [-0.2, -0.15) is 0 Å². The summed E-state index contributed by atoms with van der Waals surface area (Å²) in [5.41, 5.74) is 6.33. The van der Waals surface area contributed by atoms with Crippen LogP contribution in [0.1, 0.15) is 264 Å². The smallest absolute Gasteiger partial charge is 0.246 e. The number of nitrogens with one attached hydrogen (secondary N) is 7. The molecule has 1 aromatic carbocycles. The van der Waals surface area contributed by atoms with Crippen molar-refractivity contribution in [2.45, 2.75) is 323 Å². The lowest BCUT2D eigenvalue weighted by Gasteiger charge is -2.17. The summed E-state index contributed by atoms with van der Waals surface area (Å²) in [6, 6.07) is 5.88. The van der Waals surface area contributed by atoms with Crippen LogP contribution in [0, 0.1) is 0 Å². The van der Waals surface area contributed by atoms with Gasteiger partial charge < -0.3 is 99.8 Å². The van der Waals surface area contributed by atoms with E-state index in [0.29, 0.717) is 82.8 Å². The topological polar surface area (TPSA) is 494 Å². The first-order chi connectivity index (χ1) is 58.0. The van der Waals surface area contributed by atoms with E-state index in [2.05, 4.69) is 37.2 Å². The fraction of sp³-hybridized carbons (Fsp3) is 0.750. The number of benzene rings is 1. The predicted octanol–water partition coefficient (Wildman–Crippen LogP) is 6.80. The maximum Gasteiger partial charge on any atom is 0.246 e. The lowest BCUT2D eigenvalue weighted by Crippen LogP contribution is -2.45. The van der Waals surface area contributed by atoms with Crippen molar-refractivity contribution < 1.29 is 134 Å². The highest BCUT2D eigenvalue weighted by molar-refractivity contribution is 6.00. The minimum absolute atomic E-state index is 0.00179. The molecule has 9 N–H and O–H groups in total. The maximum absolute atomic E-state index is 12.0. The zero-order valence-corrected chi connectivity index (χ0v) is 78.8. The molecule has 36 nitrogen and oxygen atoms in total. The number of amides is 8. The lowest BCUT2D eigenvalue weighted by molar-refractivity contribution is -0.133. The summed E-state index contributed by atoms with van der Waals surface area (Å²) < 4.78 is 62.5. The van der Waals surface area contributed by atoms with Gasteiger partial charge >= 0.3 is 0 Å². The van der Waals surface area contributed by atoms with Crippen LogP contribution in [-0.4, -0.2) is 285 Å². The normalized spacial score (nSPS) is 11.2. The molecule has 0 aromatic heterocycles. The first kappa shape index (κ1) is 124. The molecule has 8 amide bonds. The first-order valence-electron chi connectivity index (χ1n) is 42.8. The molecule has 36 heteroatoms. The van der Waals surface area contributed by atoms with Crippen LogP contribution in [-0.2, 0) is 124 Å². The molecule has 0 radical (unpaired) electrons. The van der Waals surface area contributed by atoms with Crippen LogP contribution in [0.15, 0.2) is 24.3 Å². The maximum atomic E-state index is 12.0. The highest BCUT2D eigenvalue weighted by atomic mass is 16.5. The van der Waals surface area contributed by atoms with E-state index in [-0.39, 0.29) is 272 Å². The van der Waals surface area contributed by atoms with Gasteiger partial charge in [-0.1, -0.05) is 24.3 Å². The van der Waals surface area contributed by atoms with Gasteiger partial charge in [0.05, 0.1) is 152 Å². The van der Waals surface area contributed by atoms with E-state index >= 15 is 0 Å². The molecule has 1 rings (SSSR count). The molecule has 0 fully saturated rings. The summed E-state index contributed by atoms with van der Waals surface area (Å²) in [5.74, 6) is -3.65. The molecular weight excluding hydrogens is 1620 g/mol. The molecule has 1 aromatic rings. The van der Waals surface area contributed by atoms with Crippen LogP contribution < -0.4 is 43.0 Å². The second kappa shape index (κ2) is 79.5. The van der Waals surface area contributed by atoms with E-state index in [1.807, 2.05) is 138 Å². The molecule has 0 aliphatic heterocycles. The van der Waals surface area contributed by atoms with Crippen molar-refractivity contribution in [3.63, 3.8) is 0 Å². The molecule has 0 bridgehead atoms. The van der Waals surface area contributed by atoms with Gasteiger partial charge in [0.25, 0.3) is 0 Å².